The summed E-state index contributed by atoms with van der Waals surface area (Å²) in [7, 11) is 0. The highest BCUT2D eigenvalue weighted by Gasteiger charge is 2.18. The molecule has 22 heavy (non-hydrogen) atoms. The second kappa shape index (κ2) is 8.32. The molecule has 1 saturated carbocycles. The van der Waals surface area contributed by atoms with Gasteiger partial charge >= 0.3 is 0 Å². The molecule has 0 aromatic heterocycles. The van der Waals surface area contributed by atoms with E-state index in [4.69, 9.17) is 0 Å². The van der Waals surface area contributed by atoms with Gasteiger partial charge in [-0.25, -0.2) is 8.78 Å². The fourth-order valence-corrected chi connectivity index (χ4v) is 3.16. The molecule has 0 heterocycles. The molecule has 0 nitrogen and oxygen atoms in total. The van der Waals surface area contributed by atoms with Crippen molar-refractivity contribution in [2.45, 2.75) is 65.2 Å². The minimum Gasteiger partial charge on any atom is -0.206 e. The van der Waals surface area contributed by atoms with E-state index in [0.717, 1.165) is 43.6 Å². The van der Waals surface area contributed by atoms with Crippen molar-refractivity contribution in [3.05, 3.63) is 34.9 Å². The first kappa shape index (κ1) is 17.0. The van der Waals surface area contributed by atoms with E-state index in [9.17, 15) is 8.78 Å². The average Bonchev–Trinajstić information content (AvgIpc) is 2.52. The molecule has 0 bridgehead atoms. The molecular formula is C20H26F2. The van der Waals surface area contributed by atoms with E-state index in [-0.39, 0.29) is 5.56 Å². The highest BCUT2D eigenvalue weighted by Crippen LogP contribution is 2.30. The Hall–Kier alpha value is -1.36. The van der Waals surface area contributed by atoms with Crippen LogP contribution >= 0.6 is 0 Å². The van der Waals surface area contributed by atoms with Crippen molar-refractivity contribution in [1.82, 2.24) is 0 Å². The predicted molar refractivity (Wildman–Crippen MR) is 87.6 cm³/mol. The van der Waals surface area contributed by atoms with Crippen LogP contribution in [0.3, 0.4) is 0 Å². The zero-order valence-corrected chi connectivity index (χ0v) is 13.7. The van der Waals surface area contributed by atoms with E-state index in [1.807, 2.05) is 0 Å². The van der Waals surface area contributed by atoms with Crippen LogP contribution in [0.5, 0.6) is 0 Å². The summed E-state index contributed by atoms with van der Waals surface area (Å²) in [6, 6.07) is 2.88. The lowest BCUT2D eigenvalue weighted by Gasteiger charge is -2.24. The van der Waals surface area contributed by atoms with E-state index < -0.39 is 11.6 Å². The molecule has 1 fully saturated rings. The van der Waals surface area contributed by atoms with Crippen LogP contribution in [0.1, 0.15) is 69.9 Å². The average molecular weight is 304 g/mol. The first-order chi connectivity index (χ1) is 10.6. The highest BCUT2D eigenvalue weighted by molar-refractivity contribution is 5.39. The predicted octanol–water partition coefficient (Wildman–Crippen LogP) is 5.88. The lowest BCUT2D eigenvalue weighted by atomic mass is 9.81. The summed E-state index contributed by atoms with van der Waals surface area (Å²) in [5, 5.41) is 0. The molecule has 0 saturated heterocycles. The Bertz CT molecular complexity index is 520. The van der Waals surface area contributed by atoms with Gasteiger partial charge in [-0.1, -0.05) is 38.5 Å². The second-order valence-corrected chi connectivity index (χ2v) is 6.43. The first-order valence-corrected chi connectivity index (χ1v) is 8.63. The molecule has 1 aliphatic rings. The molecule has 0 amide bonds. The number of halogens is 2. The van der Waals surface area contributed by atoms with E-state index >= 15 is 0 Å². The van der Waals surface area contributed by atoms with Crippen molar-refractivity contribution in [2.24, 2.45) is 11.8 Å². The Morgan fingerprint density at radius 3 is 2.23 bits per heavy atom. The number of hydrogen-bond acceptors (Lipinski definition) is 0. The summed E-state index contributed by atoms with van der Waals surface area (Å²) in [5.41, 5.74) is 0.670. The van der Waals surface area contributed by atoms with Gasteiger partial charge in [0.25, 0.3) is 0 Å². The van der Waals surface area contributed by atoms with Crippen molar-refractivity contribution in [3.63, 3.8) is 0 Å². The molecule has 2 rings (SSSR count). The molecule has 1 aromatic carbocycles. The van der Waals surface area contributed by atoms with Gasteiger partial charge in [0.1, 0.15) is 11.6 Å². The van der Waals surface area contributed by atoms with Crippen LogP contribution in [0.4, 0.5) is 8.78 Å². The molecule has 0 aliphatic heterocycles. The topological polar surface area (TPSA) is 0 Å². The molecule has 2 heteroatoms. The van der Waals surface area contributed by atoms with Crippen molar-refractivity contribution >= 4 is 0 Å². The third kappa shape index (κ3) is 4.57. The molecule has 1 aliphatic carbocycles. The van der Waals surface area contributed by atoms with Gasteiger partial charge in [0.2, 0.25) is 0 Å². The van der Waals surface area contributed by atoms with Gasteiger partial charge < -0.3 is 0 Å². The van der Waals surface area contributed by atoms with Crippen LogP contribution in [0.25, 0.3) is 0 Å². The fraction of sp³-hybridized carbons (Fsp3) is 0.600. The van der Waals surface area contributed by atoms with Crippen LogP contribution in [-0.4, -0.2) is 0 Å². The number of benzene rings is 1. The standard InChI is InChI=1S/C20H26F2/c1-3-5-6-17-13-19(21)18(20(22)14-17)12-11-16-9-7-15(4-2)8-10-16/h13-16H,3-10H2,1-2H3/t15-,16-. The maximum Gasteiger partial charge on any atom is 0.142 e. The summed E-state index contributed by atoms with van der Waals surface area (Å²) in [6.07, 6.45) is 8.41. The SMILES string of the molecule is CCCCc1cc(F)c(C#C[C@H]2CC[C@H](CC)CC2)c(F)c1. The molecular weight excluding hydrogens is 278 g/mol. The van der Waals surface area contributed by atoms with Crippen molar-refractivity contribution < 1.29 is 8.78 Å². The van der Waals surface area contributed by atoms with Gasteiger partial charge in [0.15, 0.2) is 0 Å². The van der Waals surface area contributed by atoms with Gasteiger partial charge in [0.05, 0.1) is 5.56 Å². The van der Waals surface area contributed by atoms with Gasteiger partial charge in [-0.3, -0.25) is 0 Å². The Labute approximate surface area is 133 Å². The summed E-state index contributed by atoms with van der Waals surface area (Å²) >= 11 is 0. The van der Waals surface area contributed by atoms with Crippen molar-refractivity contribution in [1.29, 1.82) is 0 Å². The van der Waals surface area contributed by atoms with E-state index in [1.54, 1.807) is 0 Å². The summed E-state index contributed by atoms with van der Waals surface area (Å²) in [6.45, 7) is 4.29. The molecule has 0 atom stereocenters. The smallest absolute Gasteiger partial charge is 0.142 e. The maximum atomic E-state index is 14.1. The normalized spacial score (nSPS) is 21.3. The van der Waals surface area contributed by atoms with Crippen LogP contribution in [-0.2, 0) is 6.42 Å². The number of hydrogen-bond donors (Lipinski definition) is 0. The summed E-state index contributed by atoms with van der Waals surface area (Å²) in [5.74, 6) is 5.94. The van der Waals surface area contributed by atoms with E-state index in [2.05, 4.69) is 25.7 Å². The molecule has 120 valence electrons. The lowest BCUT2D eigenvalue weighted by molar-refractivity contribution is 0.309. The zero-order valence-electron chi connectivity index (χ0n) is 13.7. The van der Waals surface area contributed by atoms with Crippen LogP contribution in [0.15, 0.2) is 12.1 Å². The number of aryl methyl sites for hydroxylation is 1. The van der Waals surface area contributed by atoms with Gasteiger partial charge in [-0.15, -0.1) is 0 Å². The Balaban J connectivity index is 2.06. The van der Waals surface area contributed by atoms with Crippen LogP contribution in [0, 0.1) is 35.3 Å². The summed E-state index contributed by atoms with van der Waals surface area (Å²) in [4.78, 5) is 0. The maximum absolute atomic E-state index is 14.1. The van der Waals surface area contributed by atoms with Crippen LogP contribution < -0.4 is 0 Å². The second-order valence-electron chi connectivity index (χ2n) is 6.43. The molecule has 0 unspecified atom stereocenters. The van der Waals surface area contributed by atoms with Gasteiger partial charge in [-0.2, -0.15) is 0 Å². The number of unbranched alkanes of at least 4 members (excludes halogenated alkanes) is 1. The monoisotopic (exact) mass is 304 g/mol. The summed E-state index contributed by atoms with van der Waals surface area (Å²) < 4.78 is 28.1. The van der Waals surface area contributed by atoms with Crippen molar-refractivity contribution in [2.75, 3.05) is 0 Å². The van der Waals surface area contributed by atoms with E-state index in [1.165, 1.54) is 31.4 Å². The lowest BCUT2D eigenvalue weighted by Crippen LogP contribution is -2.12. The minimum atomic E-state index is -0.513. The van der Waals surface area contributed by atoms with Crippen LogP contribution in [0.2, 0.25) is 0 Å². The Kier molecular flexibility index (Phi) is 6.43. The molecule has 1 aromatic rings. The Morgan fingerprint density at radius 2 is 1.68 bits per heavy atom. The number of rotatable bonds is 4. The van der Waals surface area contributed by atoms with Gasteiger partial charge in [-0.05, 0) is 62.1 Å². The zero-order chi connectivity index (χ0) is 15.9. The first-order valence-electron chi connectivity index (χ1n) is 8.63. The largest absolute Gasteiger partial charge is 0.206 e. The molecule has 0 radical (unpaired) electrons. The fourth-order valence-electron chi connectivity index (χ4n) is 3.16. The van der Waals surface area contributed by atoms with Crippen molar-refractivity contribution in [3.8, 4) is 11.8 Å². The quantitative estimate of drug-likeness (QED) is 0.610. The van der Waals surface area contributed by atoms with Gasteiger partial charge in [0, 0.05) is 5.92 Å². The minimum absolute atomic E-state index is 0.0575. The van der Waals surface area contributed by atoms with E-state index in [0.29, 0.717) is 5.92 Å². The molecule has 0 spiro atoms. The third-order valence-corrected chi connectivity index (χ3v) is 4.75. The highest BCUT2D eigenvalue weighted by atomic mass is 19.1. The molecule has 0 N–H and O–H groups in total. The third-order valence-electron chi connectivity index (χ3n) is 4.75. The Morgan fingerprint density at radius 1 is 1.05 bits per heavy atom.